The van der Waals surface area contributed by atoms with E-state index >= 15 is 0 Å². The zero-order valence-electron chi connectivity index (χ0n) is 15.1. The molecular weight excluding hydrogens is 352 g/mol. The lowest BCUT2D eigenvalue weighted by Crippen LogP contribution is -2.49. The highest BCUT2D eigenvalue weighted by Gasteiger charge is 2.30. The second kappa shape index (κ2) is 8.35. The molecule has 2 aromatic rings. The van der Waals surface area contributed by atoms with Gasteiger partial charge in [0, 0.05) is 43.5 Å². The first-order valence-electron chi connectivity index (χ1n) is 9.06. The van der Waals surface area contributed by atoms with Crippen molar-refractivity contribution in [2.24, 2.45) is 0 Å². The number of hydrogen-bond donors (Lipinski definition) is 1. The van der Waals surface area contributed by atoms with Crippen LogP contribution in [0.4, 0.5) is 0 Å². The van der Waals surface area contributed by atoms with Gasteiger partial charge in [0.1, 0.15) is 5.75 Å². The third-order valence-electron chi connectivity index (χ3n) is 4.67. The van der Waals surface area contributed by atoms with Gasteiger partial charge in [-0.15, -0.1) is 0 Å². The molecule has 0 saturated carbocycles. The average molecular weight is 378 g/mol. The van der Waals surface area contributed by atoms with Crippen molar-refractivity contribution >= 4 is 20.8 Å². The van der Waals surface area contributed by atoms with E-state index in [1.807, 2.05) is 31.2 Å². The fourth-order valence-corrected chi connectivity index (χ4v) is 4.90. The largest absolute Gasteiger partial charge is 0.493 e. The Bertz CT molecular complexity index is 846. The van der Waals surface area contributed by atoms with Crippen molar-refractivity contribution in [1.82, 2.24) is 9.21 Å². The van der Waals surface area contributed by atoms with E-state index in [1.54, 1.807) is 12.1 Å². The number of piperazine rings is 1. The molecular formula is C19H26N2O4S. The van der Waals surface area contributed by atoms with Gasteiger partial charge in [0.25, 0.3) is 0 Å². The molecule has 0 radical (unpaired) electrons. The number of benzene rings is 2. The molecule has 3 rings (SSSR count). The summed E-state index contributed by atoms with van der Waals surface area (Å²) in [6.45, 7) is 5.46. The van der Waals surface area contributed by atoms with E-state index in [0.29, 0.717) is 55.4 Å². The molecule has 2 aromatic carbocycles. The highest BCUT2D eigenvalue weighted by Crippen LogP contribution is 2.32. The van der Waals surface area contributed by atoms with E-state index in [9.17, 15) is 8.42 Å². The number of β-amino-alcohol motifs (C(OH)–C–C–N with tert-alkyl or cyclic N) is 1. The summed E-state index contributed by atoms with van der Waals surface area (Å²) in [5.41, 5.74) is 0. The van der Waals surface area contributed by atoms with Crippen LogP contribution in [0, 0.1) is 0 Å². The third-order valence-corrected chi connectivity index (χ3v) is 6.63. The summed E-state index contributed by atoms with van der Waals surface area (Å²) in [6.07, 6.45) is 0.895. The molecule has 0 spiro atoms. The zero-order valence-corrected chi connectivity index (χ0v) is 15.9. The molecule has 0 amide bonds. The first-order chi connectivity index (χ1) is 12.6. The van der Waals surface area contributed by atoms with Crippen LogP contribution in [-0.2, 0) is 10.0 Å². The van der Waals surface area contributed by atoms with Crippen LogP contribution in [0.15, 0.2) is 41.3 Å². The van der Waals surface area contributed by atoms with Crippen LogP contribution < -0.4 is 4.74 Å². The van der Waals surface area contributed by atoms with E-state index in [1.165, 1.54) is 4.31 Å². The summed E-state index contributed by atoms with van der Waals surface area (Å²) < 4.78 is 33.7. The summed E-state index contributed by atoms with van der Waals surface area (Å²) >= 11 is 0. The number of fused-ring (bicyclic) bond motifs is 1. The first kappa shape index (κ1) is 19.1. The maximum Gasteiger partial charge on any atom is 0.243 e. The predicted octanol–water partition coefficient (Wildman–Crippen LogP) is 1.93. The summed E-state index contributed by atoms with van der Waals surface area (Å²) in [5, 5.41) is 10.6. The third kappa shape index (κ3) is 3.86. The van der Waals surface area contributed by atoms with E-state index in [2.05, 4.69) is 4.90 Å². The van der Waals surface area contributed by atoms with Gasteiger partial charge in [0.05, 0.1) is 18.1 Å². The summed E-state index contributed by atoms with van der Waals surface area (Å²) in [5.74, 6) is 0.717. The first-order valence-corrected chi connectivity index (χ1v) is 10.5. The molecule has 0 aliphatic carbocycles. The van der Waals surface area contributed by atoms with Crippen molar-refractivity contribution in [3.63, 3.8) is 0 Å². The Morgan fingerprint density at radius 2 is 1.73 bits per heavy atom. The van der Waals surface area contributed by atoms with E-state index in [-0.39, 0.29) is 6.61 Å². The number of rotatable bonds is 7. The van der Waals surface area contributed by atoms with Gasteiger partial charge in [-0.05, 0) is 18.6 Å². The molecule has 0 unspecified atom stereocenters. The van der Waals surface area contributed by atoms with Crippen LogP contribution in [-0.4, -0.2) is 68.7 Å². The number of nitrogens with zero attached hydrogens (tertiary/aromatic N) is 2. The van der Waals surface area contributed by atoms with Crippen molar-refractivity contribution in [3.8, 4) is 5.75 Å². The summed E-state index contributed by atoms with van der Waals surface area (Å²) in [4.78, 5) is 2.40. The lowest BCUT2D eigenvalue weighted by atomic mass is 10.1. The number of ether oxygens (including phenoxy) is 1. The fourth-order valence-electron chi connectivity index (χ4n) is 3.28. The molecule has 6 nitrogen and oxygen atoms in total. The number of aliphatic hydroxyl groups excluding tert-OH is 1. The minimum atomic E-state index is -3.58. The molecule has 26 heavy (non-hydrogen) atoms. The second-order valence-electron chi connectivity index (χ2n) is 6.43. The quantitative estimate of drug-likeness (QED) is 0.797. The molecule has 1 aliphatic rings. The van der Waals surface area contributed by atoms with Gasteiger partial charge in [-0.3, -0.25) is 4.90 Å². The minimum absolute atomic E-state index is 0.0939. The van der Waals surface area contributed by atoms with Gasteiger partial charge < -0.3 is 9.84 Å². The molecule has 1 aliphatic heterocycles. The van der Waals surface area contributed by atoms with Crippen molar-refractivity contribution < 1.29 is 18.3 Å². The highest BCUT2D eigenvalue weighted by molar-refractivity contribution is 7.89. The normalized spacial score (nSPS) is 16.8. The Hall–Kier alpha value is -1.67. The summed E-state index contributed by atoms with van der Waals surface area (Å²) in [6, 6.07) is 10.9. The Kier molecular flexibility index (Phi) is 6.13. The monoisotopic (exact) mass is 378 g/mol. The van der Waals surface area contributed by atoms with Crippen LogP contribution in [0.3, 0.4) is 0 Å². The standard InChI is InChI=1S/C19H26N2O4S/c1-2-15-25-18-7-8-19(17-6-4-3-5-16(17)18)26(23,24)21-11-9-20(10-12-21)13-14-22/h3-8,22H,2,9-15H2,1H3. The lowest BCUT2D eigenvalue weighted by molar-refractivity contribution is 0.151. The van der Waals surface area contributed by atoms with Crippen LogP contribution in [0.2, 0.25) is 0 Å². The maximum absolute atomic E-state index is 13.2. The Balaban J connectivity index is 1.92. The van der Waals surface area contributed by atoms with Gasteiger partial charge >= 0.3 is 0 Å². The van der Waals surface area contributed by atoms with Crippen molar-refractivity contribution in [2.75, 3.05) is 45.9 Å². The zero-order chi connectivity index (χ0) is 18.6. The molecule has 1 N–H and O–H groups in total. The van der Waals surface area contributed by atoms with Crippen LogP contribution >= 0.6 is 0 Å². The smallest absolute Gasteiger partial charge is 0.243 e. The molecule has 1 fully saturated rings. The molecule has 142 valence electrons. The van der Waals surface area contributed by atoms with E-state index < -0.39 is 10.0 Å². The van der Waals surface area contributed by atoms with Crippen molar-refractivity contribution in [3.05, 3.63) is 36.4 Å². The molecule has 1 heterocycles. The Morgan fingerprint density at radius 3 is 2.38 bits per heavy atom. The second-order valence-corrected chi connectivity index (χ2v) is 8.33. The Morgan fingerprint density at radius 1 is 1.04 bits per heavy atom. The number of sulfonamides is 1. The molecule has 0 bridgehead atoms. The summed E-state index contributed by atoms with van der Waals surface area (Å²) in [7, 11) is -3.58. The number of aliphatic hydroxyl groups is 1. The van der Waals surface area contributed by atoms with Gasteiger partial charge in [0.2, 0.25) is 10.0 Å². The van der Waals surface area contributed by atoms with Crippen LogP contribution in [0.25, 0.3) is 10.8 Å². The van der Waals surface area contributed by atoms with Gasteiger partial charge in [-0.2, -0.15) is 4.31 Å². The molecule has 0 atom stereocenters. The van der Waals surface area contributed by atoms with Gasteiger partial charge in [0.15, 0.2) is 0 Å². The average Bonchev–Trinajstić information content (AvgIpc) is 2.66. The van der Waals surface area contributed by atoms with Crippen molar-refractivity contribution in [2.45, 2.75) is 18.2 Å². The van der Waals surface area contributed by atoms with Crippen LogP contribution in [0.5, 0.6) is 5.75 Å². The van der Waals surface area contributed by atoms with Gasteiger partial charge in [-0.1, -0.05) is 31.2 Å². The predicted molar refractivity (Wildman–Crippen MR) is 102 cm³/mol. The minimum Gasteiger partial charge on any atom is -0.493 e. The maximum atomic E-state index is 13.2. The fraction of sp³-hybridized carbons (Fsp3) is 0.474. The van der Waals surface area contributed by atoms with Crippen LogP contribution in [0.1, 0.15) is 13.3 Å². The highest BCUT2D eigenvalue weighted by atomic mass is 32.2. The van der Waals surface area contributed by atoms with E-state index in [4.69, 9.17) is 9.84 Å². The lowest BCUT2D eigenvalue weighted by Gasteiger charge is -2.33. The molecule has 7 heteroatoms. The van der Waals surface area contributed by atoms with E-state index in [0.717, 1.165) is 11.8 Å². The Labute approximate surface area is 155 Å². The SMILES string of the molecule is CCCOc1ccc(S(=O)(=O)N2CCN(CCO)CC2)c2ccccc12. The molecule has 0 aromatic heterocycles. The number of hydrogen-bond acceptors (Lipinski definition) is 5. The van der Waals surface area contributed by atoms with Crippen molar-refractivity contribution in [1.29, 1.82) is 0 Å². The topological polar surface area (TPSA) is 70.1 Å². The molecule has 1 saturated heterocycles. The van der Waals surface area contributed by atoms with Gasteiger partial charge in [-0.25, -0.2) is 8.42 Å².